The topological polar surface area (TPSA) is 81.1 Å². The minimum atomic E-state index is -4.89. The van der Waals surface area contributed by atoms with Crippen molar-refractivity contribution in [2.24, 2.45) is 0 Å². The Hall–Kier alpha value is -3.87. The Bertz CT molecular complexity index is 1500. The molecule has 0 bridgehead atoms. The van der Waals surface area contributed by atoms with Gasteiger partial charge in [0.05, 0.1) is 27.4 Å². The van der Waals surface area contributed by atoms with E-state index in [4.69, 9.17) is 0 Å². The summed E-state index contributed by atoms with van der Waals surface area (Å²) in [5.74, 6) is -1.49. The molecule has 1 aromatic heterocycles. The molecule has 1 aliphatic carbocycles. The molecule has 37 heavy (non-hydrogen) atoms. The second kappa shape index (κ2) is 9.54. The van der Waals surface area contributed by atoms with Crippen molar-refractivity contribution in [2.75, 3.05) is 0 Å². The van der Waals surface area contributed by atoms with Crippen molar-refractivity contribution in [3.8, 4) is 5.69 Å². The van der Waals surface area contributed by atoms with Gasteiger partial charge in [-0.15, -0.1) is 0 Å². The molecule has 6 nitrogen and oxygen atoms in total. The van der Waals surface area contributed by atoms with Crippen molar-refractivity contribution in [1.82, 2.24) is 14.5 Å². The molecule has 4 rings (SSSR count). The highest BCUT2D eigenvalue weighted by molar-refractivity contribution is 7.90. The number of carbonyl (C=O) groups is 1. The Kier molecular flexibility index (Phi) is 6.76. The first-order chi connectivity index (χ1) is 17.3. The second-order valence-electron chi connectivity index (χ2n) is 7.94. The van der Waals surface area contributed by atoms with Gasteiger partial charge in [0, 0.05) is 0 Å². The number of alkyl halides is 6. The number of benzene rings is 2. The molecule has 1 amide bonds. The summed E-state index contributed by atoms with van der Waals surface area (Å²) in [5, 5.41) is 3.63. The van der Waals surface area contributed by atoms with E-state index in [2.05, 4.69) is 5.10 Å². The molecule has 0 unspecified atom stereocenters. The fraction of sp³-hybridized carbons (Fsp3) is 0.167. The Balaban J connectivity index is 1.65. The van der Waals surface area contributed by atoms with Gasteiger partial charge >= 0.3 is 12.4 Å². The smallest absolute Gasteiger partial charge is 0.268 e. The second-order valence-corrected chi connectivity index (χ2v) is 9.62. The Morgan fingerprint density at radius 1 is 0.919 bits per heavy atom. The number of aromatic nitrogens is 2. The number of rotatable bonds is 5. The van der Waals surface area contributed by atoms with E-state index >= 15 is 0 Å². The zero-order chi connectivity index (χ0) is 27.0. The molecular weight excluding hydrogens is 524 g/mol. The Labute approximate surface area is 207 Å². The van der Waals surface area contributed by atoms with E-state index < -0.39 is 50.0 Å². The molecule has 1 N–H and O–H groups in total. The fourth-order valence-electron chi connectivity index (χ4n) is 3.66. The first-order valence-corrected chi connectivity index (χ1v) is 12.1. The van der Waals surface area contributed by atoms with Gasteiger partial charge in [-0.25, -0.2) is 17.8 Å². The highest BCUT2D eigenvalue weighted by Gasteiger charge is 2.36. The first kappa shape index (κ1) is 26.2. The molecule has 0 saturated carbocycles. The number of allylic oxidation sites excluding steroid dienone is 4. The van der Waals surface area contributed by atoms with Gasteiger partial charge < -0.3 is 0 Å². The van der Waals surface area contributed by atoms with Crippen LogP contribution in [0.4, 0.5) is 26.3 Å². The van der Waals surface area contributed by atoms with Gasteiger partial charge in [0.15, 0.2) is 5.69 Å². The zero-order valence-electron chi connectivity index (χ0n) is 18.6. The quantitative estimate of drug-likeness (QED) is 0.417. The Morgan fingerprint density at radius 3 is 2.19 bits per heavy atom. The van der Waals surface area contributed by atoms with E-state index in [1.807, 2.05) is 0 Å². The van der Waals surface area contributed by atoms with Crippen LogP contribution in [0, 0.1) is 0 Å². The third kappa shape index (κ3) is 5.61. The number of nitrogens with one attached hydrogen (secondary N) is 1. The molecule has 13 heteroatoms. The first-order valence-electron chi connectivity index (χ1n) is 10.7. The lowest BCUT2D eigenvalue weighted by molar-refractivity contribution is -0.141. The lowest BCUT2D eigenvalue weighted by atomic mass is 10.0. The average molecular weight is 541 g/mol. The maximum absolute atomic E-state index is 13.3. The summed E-state index contributed by atoms with van der Waals surface area (Å²) in [6, 6.07) is 8.92. The van der Waals surface area contributed by atoms with Crippen LogP contribution in [0.15, 0.2) is 77.7 Å². The SMILES string of the molecule is O=C(NS(=O)(=O)c1ccc(-n2nc(C(F)(F)F)cc2C2=CCCC=C2)cc1)c1ccccc1C(F)(F)F. The molecular formula is C24H17F6N3O3S. The highest BCUT2D eigenvalue weighted by Crippen LogP contribution is 2.34. The summed E-state index contributed by atoms with van der Waals surface area (Å²) in [6.45, 7) is 0. The number of hydrogen-bond donors (Lipinski definition) is 1. The van der Waals surface area contributed by atoms with Gasteiger partial charge in [0.25, 0.3) is 15.9 Å². The summed E-state index contributed by atoms with van der Waals surface area (Å²) in [6.07, 6.45) is -3.05. The molecule has 0 spiro atoms. The van der Waals surface area contributed by atoms with Crippen LogP contribution < -0.4 is 4.72 Å². The van der Waals surface area contributed by atoms with Crippen LogP contribution in [0.5, 0.6) is 0 Å². The van der Waals surface area contributed by atoms with Gasteiger partial charge in [-0.1, -0.05) is 30.4 Å². The largest absolute Gasteiger partial charge is 0.435 e. The van der Waals surface area contributed by atoms with Gasteiger partial charge in [-0.2, -0.15) is 31.4 Å². The summed E-state index contributed by atoms with van der Waals surface area (Å²) in [4.78, 5) is 11.9. The zero-order valence-corrected chi connectivity index (χ0v) is 19.5. The predicted octanol–water partition coefficient (Wildman–Crippen LogP) is 5.76. The Morgan fingerprint density at radius 2 is 1.59 bits per heavy atom. The van der Waals surface area contributed by atoms with Gasteiger partial charge in [-0.05, 0) is 60.9 Å². The third-order valence-electron chi connectivity index (χ3n) is 5.39. The lowest BCUT2D eigenvalue weighted by Gasteiger charge is -2.13. The van der Waals surface area contributed by atoms with E-state index in [1.54, 1.807) is 23.0 Å². The van der Waals surface area contributed by atoms with Crippen molar-refractivity contribution >= 4 is 21.5 Å². The van der Waals surface area contributed by atoms with Crippen LogP contribution >= 0.6 is 0 Å². The summed E-state index contributed by atoms with van der Waals surface area (Å²) >= 11 is 0. The van der Waals surface area contributed by atoms with E-state index in [0.29, 0.717) is 18.1 Å². The lowest BCUT2D eigenvalue weighted by Crippen LogP contribution is -2.32. The standard InChI is InChI=1S/C24H17F6N3O3S/c25-23(26,27)19-9-5-4-8-18(19)22(34)32-37(35,36)17-12-10-16(11-13-17)33-20(15-6-2-1-3-7-15)14-21(31-33)24(28,29)30/h2,4-14H,1,3H2,(H,32,34). The molecule has 0 fully saturated rings. The van der Waals surface area contributed by atoms with E-state index in [9.17, 15) is 39.6 Å². The number of nitrogens with zero attached hydrogens (tertiary/aromatic N) is 2. The van der Waals surface area contributed by atoms with Crippen LogP contribution in [-0.4, -0.2) is 24.1 Å². The van der Waals surface area contributed by atoms with Crippen molar-refractivity contribution < 1.29 is 39.6 Å². The molecule has 3 aromatic rings. The van der Waals surface area contributed by atoms with E-state index in [1.165, 1.54) is 12.1 Å². The van der Waals surface area contributed by atoms with Crippen molar-refractivity contribution in [3.63, 3.8) is 0 Å². The third-order valence-corrected chi connectivity index (χ3v) is 6.73. The van der Waals surface area contributed by atoms with Crippen LogP contribution in [0.2, 0.25) is 0 Å². The maximum atomic E-state index is 13.3. The summed E-state index contributed by atoms with van der Waals surface area (Å²) in [7, 11) is -4.62. The summed E-state index contributed by atoms with van der Waals surface area (Å²) in [5.41, 5.74) is -2.61. The number of carbonyl (C=O) groups excluding carboxylic acids is 1. The molecule has 0 atom stereocenters. The van der Waals surface area contributed by atoms with Crippen LogP contribution in [0.1, 0.15) is 40.2 Å². The minimum absolute atomic E-state index is 0.0954. The molecule has 0 aliphatic heterocycles. The van der Waals surface area contributed by atoms with Gasteiger partial charge in [0.2, 0.25) is 0 Å². The maximum Gasteiger partial charge on any atom is 0.435 e. The van der Waals surface area contributed by atoms with Crippen molar-refractivity contribution in [2.45, 2.75) is 30.1 Å². The average Bonchev–Trinajstić information content (AvgIpc) is 3.30. The van der Waals surface area contributed by atoms with Crippen LogP contribution in [0.3, 0.4) is 0 Å². The molecule has 0 radical (unpaired) electrons. The van der Waals surface area contributed by atoms with Crippen LogP contribution in [-0.2, 0) is 22.4 Å². The molecule has 194 valence electrons. The van der Waals surface area contributed by atoms with E-state index in [-0.39, 0.29) is 11.4 Å². The molecule has 1 heterocycles. The monoisotopic (exact) mass is 541 g/mol. The number of sulfonamides is 1. The molecule has 0 saturated heterocycles. The van der Waals surface area contributed by atoms with Crippen molar-refractivity contribution in [3.05, 3.63) is 95.3 Å². The molecule has 2 aromatic carbocycles. The van der Waals surface area contributed by atoms with Crippen LogP contribution in [0.25, 0.3) is 11.3 Å². The number of hydrogen-bond acceptors (Lipinski definition) is 4. The fourth-order valence-corrected chi connectivity index (χ4v) is 4.62. The minimum Gasteiger partial charge on any atom is -0.268 e. The predicted molar refractivity (Wildman–Crippen MR) is 121 cm³/mol. The van der Waals surface area contributed by atoms with Gasteiger partial charge in [0.1, 0.15) is 0 Å². The van der Waals surface area contributed by atoms with Gasteiger partial charge in [-0.3, -0.25) is 4.79 Å². The highest BCUT2D eigenvalue weighted by atomic mass is 32.2. The number of amides is 1. The van der Waals surface area contributed by atoms with Crippen molar-refractivity contribution in [1.29, 1.82) is 0 Å². The summed E-state index contributed by atoms with van der Waals surface area (Å²) < 4.78 is 108. The number of halogens is 6. The normalized spacial score (nSPS) is 14.4. The molecule has 1 aliphatic rings. The van der Waals surface area contributed by atoms with E-state index in [0.717, 1.165) is 47.5 Å².